The van der Waals surface area contributed by atoms with Crippen LogP contribution in [0.4, 0.5) is 13.2 Å². The van der Waals surface area contributed by atoms with E-state index in [2.05, 4.69) is 16.8 Å². The molecule has 1 fully saturated rings. The van der Waals surface area contributed by atoms with Crippen LogP contribution in [0.2, 0.25) is 0 Å². The van der Waals surface area contributed by atoms with Gasteiger partial charge in [-0.1, -0.05) is 18.2 Å². The van der Waals surface area contributed by atoms with Crippen LogP contribution in [0.5, 0.6) is 0 Å². The van der Waals surface area contributed by atoms with E-state index in [9.17, 15) is 13.2 Å². The third kappa shape index (κ3) is 3.59. The molecule has 0 aromatic carbocycles. The second kappa shape index (κ2) is 5.45. The number of allylic oxidation sites excluding steroid dienone is 3. The summed E-state index contributed by atoms with van der Waals surface area (Å²) in [5.41, 5.74) is -0.503. The van der Waals surface area contributed by atoms with Crippen LogP contribution in [0.1, 0.15) is 6.42 Å². The molecule has 2 nitrogen and oxygen atoms in total. The fourth-order valence-electron chi connectivity index (χ4n) is 2.37. The highest BCUT2D eigenvalue weighted by Gasteiger charge is 2.33. The largest absolute Gasteiger partial charge is 0.416 e. The van der Waals surface area contributed by atoms with Gasteiger partial charge in [0, 0.05) is 32.7 Å². The Labute approximate surface area is 106 Å². The van der Waals surface area contributed by atoms with Crippen LogP contribution in [0.3, 0.4) is 0 Å². The Balaban J connectivity index is 1.81. The molecular weight excluding hydrogens is 241 g/mol. The van der Waals surface area contributed by atoms with Gasteiger partial charge in [-0.25, -0.2) is 0 Å². The molecule has 0 aromatic rings. The third-order valence-electron chi connectivity index (χ3n) is 3.60. The smallest absolute Gasteiger partial charge is 0.304 e. The topological polar surface area (TPSA) is 6.48 Å². The van der Waals surface area contributed by atoms with Crippen LogP contribution in [0.15, 0.2) is 23.8 Å². The van der Waals surface area contributed by atoms with E-state index in [4.69, 9.17) is 0 Å². The molecule has 0 saturated carbocycles. The summed E-state index contributed by atoms with van der Waals surface area (Å²) < 4.78 is 37.3. The van der Waals surface area contributed by atoms with Crippen molar-refractivity contribution in [1.29, 1.82) is 0 Å². The molecule has 0 bridgehead atoms. The van der Waals surface area contributed by atoms with Gasteiger partial charge in [-0.15, -0.1) is 0 Å². The van der Waals surface area contributed by atoms with E-state index in [0.29, 0.717) is 6.42 Å². The Morgan fingerprint density at radius 3 is 2.39 bits per heavy atom. The van der Waals surface area contributed by atoms with E-state index < -0.39 is 11.7 Å². The van der Waals surface area contributed by atoms with Gasteiger partial charge in [-0.3, -0.25) is 0 Å². The molecule has 1 saturated heterocycles. The van der Waals surface area contributed by atoms with E-state index in [1.165, 1.54) is 12.2 Å². The molecule has 18 heavy (non-hydrogen) atoms. The van der Waals surface area contributed by atoms with Crippen molar-refractivity contribution in [3.63, 3.8) is 0 Å². The van der Waals surface area contributed by atoms with Gasteiger partial charge in [0.1, 0.15) is 0 Å². The standard InChI is InChI=1S/C13H19F3N2/c1-17-6-8-18(9-7-17)10-11-2-4-12(5-3-11)13(14,15)16/h2,4-5,11H,3,6-10H2,1H3. The molecule has 1 aliphatic carbocycles. The summed E-state index contributed by atoms with van der Waals surface area (Å²) in [6, 6.07) is 0. The van der Waals surface area contributed by atoms with E-state index in [1.807, 2.05) is 0 Å². The number of hydrogen-bond donors (Lipinski definition) is 0. The van der Waals surface area contributed by atoms with Gasteiger partial charge in [0.25, 0.3) is 0 Å². The van der Waals surface area contributed by atoms with Crippen molar-refractivity contribution in [3.8, 4) is 0 Å². The molecule has 2 aliphatic rings. The van der Waals surface area contributed by atoms with Gasteiger partial charge in [0.05, 0.1) is 5.57 Å². The summed E-state index contributed by atoms with van der Waals surface area (Å²) in [6.45, 7) is 4.97. The molecule has 0 aromatic heterocycles. The quantitative estimate of drug-likeness (QED) is 0.751. The summed E-state index contributed by atoms with van der Waals surface area (Å²) in [6.07, 6.45) is 0.555. The number of piperazine rings is 1. The van der Waals surface area contributed by atoms with Crippen LogP contribution >= 0.6 is 0 Å². The minimum absolute atomic E-state index is 0.222. The predicted molar refractivity (Wildman–Crippen MR) is 65.3 cm³/mol. The Hall–Kier alpha value is -0.810. The average molecular weight is 260 g/mol. The van der Waals surface area contributed by atoms with Gasteiger partial charge in [-0.2, -0.15) is 13.2 Å². The lowest BCUT2D eigenvalue weighted by Gasteiger charge is -2.34. The van der Waals surface area contributed by atoms with Crippen LogP contribution in [-0.4, -0.2) is 55.7 Å². The van der Waals surface area contributed by atoms with Gasteiger partial charge >= 0.3 is 6.18 Å². The molecule has 102 valence electrons. The molecule has 1 aliphatic heterocycles. The summed E-state index contributed by atoms with van der Waals surface area (Å²) in [7, 11) is 2.09. The number of rotatable bonds is 2. The first-order chi connectivity index (χ1) is 8.45. The highest BCUT2D eigenvalue weighted by molar-refractivity contribution is 5.28. The SMILES string of the molecule is CN1CCN(CC2C=CC(C(F)(F)F)=CC2)CC1. The maximum atomic E-state index is 12.4. The fourth-order valence-corrected chi connectivity index (χ4v) is 2.37. The van der Waals surface area contributed by atoms with Crippen LogP contribution in [-0.2, 0) is 0 Å². The number of alkyl halides is 3. The van der Waals surface area contributed by atoms with Crippen LogP contribution < -0.4 is 0 Å². The zero-order valence-corrected chi connectivity index (χ0v) is 10.6. The summed E-state index contributed by atoms with van der Waals surface area (Å²) in [5.74, 6) is 0.222. The lowest BCUT2D eigenvalue weighted by molar-refractivity contribution is -0.0887. The summed E-state index contributed by atoms with van der Waals surface area (Å²) in [4.78, 5) is 4.61. The van der Waals surface area contributed by atoms with Gasteiger partial charge in [0.15, 0.2) is 0 Å². The Kier molecular flexibility index (Phi) is 4.12. The highest BCUT2D eigenvalue weighted by atomic mass is 19.4. The first kappa shape index (κ1) is 13.6. The minimum Gasteiger partial charge on any atom is -0.304 e. The molecule has 5 heteroatoms. The number of nitrogens with zero attached hydrogens (tertiary/aromatic N) is 2. The second-order valence-electron chi connectivity index (χ2n) is 5.12. The predicted octanol–water partition coefficient (Wildman–Crippen LogP) is 2.30. The normalized spacial score (nSPS) is 27.3. The van der Waals surface area contributed by atoms with Crippen molar-refractivity contribution < 1.29 is 13.2 Å². The molecule has 1 unspecified atom stereocenters. The van der Waals surface area contributed by atoms with Gasteiger partial charge in [0.2, 0.25) is 0 Å². The fraction of sp³-hybridized carbons (Fsp3) is 0.692. The van der Waals surface area contributed by atoms with E-state index in [1.54, 1.807) is 6.08 Å². The van der Waals surface area contributed by atoms with Crippen molar-refractivity contribution in [2.75, 3.05) is 39.8 Å². The molecular formula is C13H19F3N2. The van der Waals surface area contributed by atoms with Gasteiger partial charge < -0.3 is 9.80 Å². The second-order valence-corrected chi connectivity index (χ2v) is 5.12. The zero-order valence-electron chi connectivity index (χ0n) is 10.6. The Morgan fingerprint density at radius 2 is 1.89 bits per heavy atom. The molecule has 0 N–H and O–H groups in total. The Morgan fingerprint density at radius 1 is 1.22 bits per heavy atom. The molecule has 0 radical (unpaired) electrons. The zero-order chi connectivity index (χ0) is 13.2. The van der Waals surface area contributed by atoms with Crippen molar-refractivity contribution in [2.24, 2.45) is 5.92 Å². The maximum absolute atomic E-state index is 12.4. The summed E-state index contributed by atoms with van der Waals surface area (Å²) in [5, 5.41) is 0. The maximum Gasteiger partial charge on any atom is 0.416 e. The average Bonchev–Trinajstić information content (AvgIpc) is 2.32. The molecule has 2 rings (SSSR count). The highest BCUT2D eigenvalue weighted by Crippen LogP contribution is 2.31. The Bertz CT molecular complexity index is 339. The monoisotopic (exact) mass is 260 g/mol. The van der Waals surface area contributed by atoms with Crippen LogP contribution in [0, 0.1) is 5.92 Å². The van der Waals surface area contributed by atoms with Crippen molar-refractivity contribution in [2.45, 2.75) is 12.6 Å². The molecule has 1 heterocycles. The van der Waals surface area contributed by atoms with Gasteiger partial charge in [-0.05, 0) is 19.4 Å². The van der Waals surface area contributed by atoms with Crippen LogP contribution in [0.25, 0.3) is 0 Å². The number of halogens is 3. The van der Waals surface area contributed by atoms with E-state index >= 15 is 0 Å². The lowest BCUT2D eigenvalue weighted by atomic mass is 9.95. The molecule has 0 spiro atoms. The lowest BCUT2D eigenvalue weighted by Crippen LogP contribution is -2.46. The summed E-state index contributed by atoms with van der Waals surface area (Å²) >= 11 is 0. The minimum atomic E-state index is -4.20. The first-order valence-corrected chi connectivity index (χ1v) is 6.31. The van der Waals surface area contributed by atoms with E-state index in [-0.39, 0.29) is 5.92 Å². The number of hydrogen-bond acceptors (Lipinski definition) is 2. The van der Waals surface area contributed by atoms with E-state index in [0.717, 1.165) is 32.7 Å². The van der Waals surface area contributed by atoms with Crippen molar-refractivity contribution in [3.05, 3.63) is 23.8 Å². The molecule has 1 atom stereocenters. The molecule has 0 amide bonds. The van der Waals surface area contributed by atoms with Crippen molar-refractivity contribution in [1.82, 2.24) is 9.80 Å². The first-order valence-electron chi connectivity index (χ1n) is 6.31. The third-order valence-corrected chi connectivity index (χ3v) is 3.60. The van der Waals surface area contributed by atoms with Crippen molar-refractivity contribution >= 4 is 0 Å². The number of likely N-dealkylation sites (N-methyl/N-ethyl adjacent to an activating group) is 1.